The Morgan fingerprint density at radius 3 is 1.76 bits per heavy atom. The lowest BCUT2D eigenvalue weighted by Gasteiger charge is -2.32. The van der Waals surface area contributed by atoms with Crippen molar-refractivity contribution in [2.75, 3.05) is 13.1 Å². The third-order valence-electron chi connectivity index (χ3n) is 3.44. The lowest BCUT2D eigenvalue weighted by atomic mass is 10.0. The van der Waals surface area contributed by atoms with Crippen molar-refractivity contribution in [1.82, 2.24) is 4.90 Å². The molecule has 0 saturated carbocycles. The summed E-state index contributed by atoms with van der Waals surface area (Å²) in [5.74, 6) is 0. The lowest BCUT2D eigenvalue weighted by Crippen LogP contribution is -2.37. The van der Waals surface area contributed by atoms with Crippen molar-refractivity contribution < 1.29 is 0 Å². The molecule has 0 aromatic rings. The molecule has 1 nitrogen and oxygen atoms in total. The van der Waals surface area contributed by atoms with Crippen molar-refractivity contribution in [2.45, 2.75) is 78.7 Å². The summed E-state index contributed by atoms with van der Waals surface area (Å²) in [6, 6.07) is 0.619. The first-order valence-corrected chi connectivity index (χ1v) is 7.56. The van der Waals surface area contributed by atoms with Gasteiger partial charge in [-0.2, -0.15) is 0 Å². The Balaban J connectivity index is 4.37. The van der Waals surface area contributed by atoms with Crippen molar-refractivity contribution in [3.63, 3.8) is 0 Å². The van der Waals surface area contributed by atoms with Gasteiger partial charge in [0, 0.05) is 6.04 Å². The minimum absolute atomic E-state index is 0.619. The van der Waals surface area contributed by atoms with E-state index >= 15 is 0 Å². The van der Waals surface area contributed by atoms with Crippen LogP contribution < -0.4 is 0 Å². The maximum absolute atomic E-state index is 4.20. The van der Waals surface area contributed by atoms with Gasteiger partial charge in [0.05, 0.1) is 0 Å². The number of unbranched alkanes of at least 4 members (excludes halogenated alkanes) is 3. The summed E-state index contributed by atoms with van der Waals surface area (Å²) in [6.07, 6.45) is 9.13. The van der Waals surface area contributed by atoms with E-state index in [1.54, 1.807) is 0 Å². The molecule has 0 rings (SSSR count). The molecule has 0 radical (unpaired) electrons. The maximum Gasteiger partial charge on any atom is 0.0302 e. The average molecular weight is 239 g/mol. The molecule has 0 bridgehead atoms. The average Bonchev–Trinajstić information content (AvgIpc) is 2.31. The minimum atomic E-state index is 0.619. The van der Waals surface area contributed by atoms with E-state index in [2.05, 4.69) is 39.2 Å². The van der Waals surface area contributed by atoms with Gasteiger partial charge in [-0.05, 0) is 39.3 Å². The fourth-order valence-electron chi connectivity index (χ4n) is 2.28. The van der Waals surface area contributed by atoms with E-state index in [1.807, 2.05) is 0 Å². The highest BCUT2D eigenvalue weighted by molar-refractivity contribution is 5.02. The van der Waals surface area contributed by atoms with Crippen molar-refractivity contribution in [2.24, 2.45) is 0 Å². The highest BCUT2D eigenvalue weighted by atomic mass is 15.1. The normalized spacial score (nSPS) is 13.0. The number of nitrogens with zero attached hydrogens (tertiary/aromatic N) is 1. The Hall–Kier alpha value is -0.300. The van der Waals surface area contributed by atoms with Crippen LogP contribution in [-0.2, 0) is 0 Å². The zero-order valence-corrected chi connectivity index (χ0v) is 12.6. The van der Waals surface area contributed by atoms with Gasteiger partial charge in [0.1, 0.15) is 0 Å². The molecule has 1 unspecified atom stereocenters. The van der Waals surface area contributed by atoms with Gasteiger partial charge in [-0.3, -0.25) is 4.90 Å². The van der Waals surface area contributed by atoms with Crippen LogP contribution in [0.3, 0.4) is 0 Å². The molecule has 0 fully saturated rings. The molecule has 17 heavy (non-hydrogen) atoms. The van der Waals surface area contributed by atoms with E-state index in [0.29, 0.717) is 6.04 Å². The van der Waals surface area contributed by atoms with Gasteiger partial charge in [-0.1, -0.05) is 58.6 Å². The second-order valence-corrected chi connectivity index (χ2v) is 5.25. The molecular formula is C16H33N. The zero-order valence-electron chi connectivity index (χ0n) is 12.6. The molecular weight excluding hydrogens is 206 g/mol. The second kappa shape index (κ2) is 10.8. The summed E-state index contributed by atoms with van der Waals surface area (Å²) in [4.78, 5) is 2.67. The molecule has 0 saturated heterocycles. The summed E-state index contributed by atoms with van der Waals surface area (Å²) < 4.78 is 0. The molecule has 0 heterocycles. The molecule has 0 amide bonds. The molecule has 1 atom stereocenters. The zero-order chi connectivity index (χ0) is 13.1. The number of hydrogen-bond acceptors (Lipinski definition) is 1. The van der Waals surface area contributed by atoms with Gasteiger partial charge < -0.3 is 0 Å². The third-order valence-corrected chi connectivity index (χ3v) is 3.44. The van der Waals surface area contributed by atoms with Crippen molar-refractivity contribution in [3.8, 4) is 0 Å². The van der Waals surface area contributed by atoms with Crippen molar-refractivity contribution in [1.29, 1.82) is 0 Å². The predicted molar refractivity (Wildman–Crippen MR) is 79.5 cm³/mol. The topological polar surface area (TPSA) is 3.24 Å². The smallest absolute Gasteiger partial charge is 0.0302 e. The fraction of sp³-hybridized carbons (Fsp3) is 0.875. The Bertz CT molecular complexity index is 178. The van der Waals surface area contributed by atoms with Crippen LogP contribution in [0.5, 0.6) is 0 Å². The third kappa shape index (κ3) is 7.59. The van der Waals surface area contributed by atoms with Crippen LogP contribution in [0.1, 0.15) is 72.6 Å². The summed E-state index contributed by atoms with van der Waals surface area (Å²) in [5, 5.41) is 0. The highest BCUT2D eigenvalue weighted by Crippen LogP contribution is 2.17. The number of rotatable bonds is 11. The molecule has 0 aromatic carbocycles. The van der Waals surface area contributed by atoms with Crippen molar-refractivity contribution >= 4 is 0 Å². The van der Waals surface area contributed by atoms with E-state index in [-0.39, 0.29) is 0 Å². The first-order valence-electron chi connectivity index (χ1n) is 7.56. The summed E-state index contributed by atoms with van der Waals surface area (Å²) in [7, 11) is 0. The molecule has 0 spiro atoms. The summed E-state index contributed by atoms with van der Waals surface area (Å²) in [5.41, 5.74) is 1.35. The first-order chi connectivity index (χ1) is 8.17. The Morgan fingerprint density at radius 1 is 0.941 bits per heavy atom. The largest absolute Gasteiger partial charge is 0.297 e. The second-order valence-electron chi connectivity index (χ2n) is 5.25. The Kier molecular flexibility index (Phi) is 10.6. The van der Waals surface area contributed by atoms with Gasteiger partial charge in [-0.15, -0.1) is 0 Å². The van der Waals surface area contributed by atoms with Crippen LogP contribution in [0.15, 0.2) is 12.2 Å². The van der Waals surface area contributed by atoms with E-state index < -0.39 is 0 Å². The van der Waals surface area contributed by atoms with Gasteiger partial charge in [0.15, 0.2) is 0 Å². The molecule has 1 heteroatoms. The fourth-order valence-corrected chi connectivity index (χ4v) is 2.28. The van der Waals surface area contributed by atoms with Gasteiger partial charge in [0.2, 0.25) is 0 Å². The van der Waals surface area contributed by atoms with E-state index in [1.165, 1.54) is 63.6 Å². The van der Waals surface area contributed by atoms with E-state index in [4.69, 9.17) is 0 Å². The Labute approximate surface area is 109 Å². The van der Waals surface area contributed by atoms with Crippen LogP contribution in [0.25, 0.3) is 0 Å². The van der Waals surface area contributed by atoms with Crippen LogP contribution in [-0.4, -0.2) is 24.0 Å². The standard InChI is InChI=1S/C16H33N/c1-6-9-12-16(15(4)5)17(13-10-7-2)14-11-8-3/h16H,4,6-14H2,1-3,5H3. The highest BCUT2D eigenvalue weighted by Gasteiger charge is 2.17. The number of hydrogen-bond donors (Lipinski definition) is 0. The summed E-state index contributed by atoms with van der Waals surface area (Å²) in [6.45, 7) is 15.7. The van der Waals surface area contributed by atoms with Crippen LogP contribution in [0.4, 0.5) is 0 Å². The molecule has 0 aliphatic heterocycles. The lowest BCUT2D eigenvalue weighted by molar-refractivity contribution is 0.203. The quantitative estimate of drug-likeness (QED) is 0.457. The van der Waals surface area contributed by atoms with E-state index in [9.17, 15) is 0 Å². The first kappa shape index (κ1) is 16.7. The van der Waals surface area contributed by atoms with Crippen LogP contribution in [0.2, 0.25) is 0 Å². The molecule has 0 N–H and O–H groups in total. The summed E-state index contributed by atoms with van der Waals surface area (Å²) >= 11 is 0. The monoisotopic (exact) mass is 239 g/mol. The molecule has 0 aliphatic rings. The Morgan fingerprint density at radius 2 is 1.41 bits per heavy atom. The maximum atomic E-state index is 4.20. The predicted octanol–water partition coefficient (Wildman–Crippen LogP) is 5.02. The van der Waals surface area contributed by atoms with E-state index in [0.717, 1.165) is 0 Å². The van der Waals surface area contributed by atoms with Crippen molar-refractivity contribution in [3.05, 3.63) is 12.2 Å². The van der Waals surface area contributed by atoms with Crippen LogP contribution in [0, 0.1) is 0 Å². The van der Waals surface area contributed by atoms with Gasteiger partial charge in [-0.25, -0.2) is 0 Å². The molecule has 102 valence electrons. The molecule has 0 aromatic heterocycles. The van der Waals surface area contributed by atoms with Gasteiger partial charge >= 0.3 is 0 Å². The minimum Gasteiger partial charge on any atom is -0.297 e. The van der Waals surface area contributed by atoms with Crippen LogP contribution >= 0.6 is 0 Å². The van der Waals surface area contributed by atoms with Gasteiger partial charge in [0.25, 0.3) is 0 Å². The SMILES string of the molecule is C=C(C)C(CCCC)N(CCCC)CCCC. The molecule has 0 aliphatic carbocycles.